The molecular weight excluding hydrogens is 261 g/mol. The molecule has 0 aliphatic rings. The van der Waals surface area contributed by atoms with E-state index in [1.807, 2.05) is 0 Å². The van der Waals surface area contributed by atoms with Gasteiger partial charge in [0, 0.05) is 5.69 Å². The molecule has 2 rings (SSSR count). The fourth-order valence-corrected chi connectivity index (χ4v) is 1.65. The van der Waals surface area contributed by atoms with Crippen LogP contribution in [0.15, 0.2) is 48.5 Å². The van der Waals surface area contributed by atoms with Crippen molar-refractivity contribution in [3.8, 4) is 5.75 Å². The Balaban J connectivity index is 1.91. The first-order valence-electron chi connectivity index (χ1n) is 6.06. The van der Waals surface area contributed by atoms with Gasteiger partial charge in [-0.2, -0.15) is 0 Å². The minimum absolute atomic E-state index is 0.0340. The van der Waals surface area contributed by atoms with E-state index in [4.69, 9.17) is 9.84 Å². The van der Waals surface area contributed by atoms with E-state index in [0.717, 1.165) is 0 Å². The first-order valence-corrected chi connectivity index (χ1v) is 6.06. The zero-order chi connectivity index (χ0) is 14.4. The van der Waals surface area contributed by atoms with Gasteiger partial charge in [0.15, 0.2) is 18.2 Å². The average molecular weight is 275 g/mol. The maximum absolute atomic E-state index is 13.3. The average Bonchev–Trinajstić information content (AvgIpc) is 2.46. The summed E-state index contributed by atoms with van der Waals surface area (Å²) >= 11 is 0. The lowest BCUT2D eigenvalue weighted by molar-refractivity contribution is -0.118. The fourth-order valence-electron chi connectivity index (χ4n) is 1.65. The third-order valence-electron chi connectivity index (χ3n) is 2.59. The van der Waals surface area contributed by atoms with Gasteiger partial charge in [-0.15, -0.1) is 0 Å². The van der Waals surface area contributed by atoms with E-state index in [-0.39, 0.29) is 19.0 Å². The molecule has 0 atom stereocenters. The highest BCUT2D eigenvalue weighted by molar-refractivity contribution is 5.91. The molecule has 5 heteroatoms. The van der Waals surface area contributed by atoms with Crippen molar-refractivity contribution in [1.82, 2.24) is 0 Å². The van der Waals surface area contributed by atoms with Crippen LogP contribution in [0.1, 0.15) is 5.56 Å². The van der Waals surface area contributed by atoms with Crippen molar-refractivity contribution in [2.75, 3.05) is 11.9 Å². The van der Waals surface area contributed by atoms with Crippen molar-refractivity contribution in [1.29, 1.82) is 0 Å². The second-order valence-corrected chi connectivity index (χ2v) is 4.13. The van der Waals surface area contributed by atoms with Crippen molar-refractivity contribution in [2.24, 2.45) is 0 Å². The number of ether oxygens (including phenoxy) is 1. The highest BCUT2D eigenvalue weighted by atomic mass is 19.1. The van der Waals surface area contributed by atoms with Crippen LogP contribution >= 0.6 is 0 Å². The van der Waals surface area contributed by atoms with Gasteiger partial charge < -0.3 is 15.2 Å². The molecule has 2 N–H and O–H groups in total. The Labute approximate surface area is 115 Å². The number of halogens is 1. The first kappa shape index (κ1) is 14.0. The molecule has 104 valence electrons. The lowest BCUT2D eigenvalue weighted by atomic mass is 10.2. The summed E-state index contributed by atoms with van der Waals surface area (Å²) < 4.78 is 18.4. The Bertz CT molecular complexity index is 601. The van der Waals surface area contributed by atoms with E-state index in [1.165, 1.54) is 12.1 Å². The van der Waals surface area contributed by atoms with Crippen LogP contribution in [-0.4, -0.2) is 17.6 Å². The Hall–Kier alpha value is -2.40. The molecule has 1 amide bonds. The molecular formula is C15H14FNO3. The fraction of sp³-hybridized carbons (Fsp3) is 0.133. The predicted molar refractivity (Wildman–Crippen MR) is 72.9 cm³/mol. The van der Waals surface area contributed by atoms with Crippen LogP contribution < -0.4 is 10.1 Å². The topological polar surface area (TPSA) is 58.6 Å². The van der Waals surface area contributed by atoms with Crippen LogP contribution in [0.3, 0.4) is 0 Å². The van der Waals surface area contributed by atoms with Crippen LogP contribution in [0.4, 0.5) is 10.1 Å². The monoisotopic (exact) mass is 275 g/mol. The molecule has 0 radical (unpaired) electrons. The van der Waals surface area contributed by atoms with E-state index in [9.17, 15) is 9.18 Å². The summed E-state index contributed by atoms with van der Waals surface area (Å²) in [6.45, 7) is -0.389. The highest BCUT2D eigenvalue weighted by Crippen LogP contribution is 2.15. The predicted octanol–water partition coefficient (Wildman–Crippen LogP) is 2.34. The zero-order valence-corrected chi connectivity index (χ0v) is 10.7. The second kappa shape index (κ2) is 6.68. The molecule has 0 aliphatic carbocycles. The van der Waals surface area contributed by atoms with Gasteiger partial charge in [-0.1, -0.05) is 24.3 Å². The number of aliphatic hydroxyl groups is 1. The van der Waals surface area contributed by atoms with Crippen molar-refractivity contribution < 1.29 is 19.0 Å². The zero-order valence-electron chi connectivity index (χ0n) is 10.7. The molecule has 2 aromatic carbocycles. The SMILES string of the molecule is O=C(COc1ccccc1F)Nc1cccc(CO)c1. The molecule has 2 aromatic rings. The van der Waals surface area contributed by atoms with Gasteiger partial charge in [-0.3, -0.25) is 4.79 Å². The minimum atomic E-state index is -0.512. The summed E-state index contributed by atoms with van der Waals surface area (Å²) in [7, 11) is 0. The van der Waals surface area contributed by atoms with Crippen molar-refractivity contribution in [2.45, 2.75) is 6.61 Å². The summed E-state index contributed by atoms with van der Waals surface area (Å²) in [5, 5.41) is 11.6. The number of carbonyl (C=O) groups excluding carboxylic acids is 1. The normalized spacial score (nSPS) is 10.1. The lowest BCUT2D eigenvalue weighted by Gasteiger charge is -2.08. The Morgan fingerprint density at radius 3 is 2.75 bits per heavy atom. The maximum atomic E-state index is 13.3. The third-order valence-corrected chi connectivity index (χ3v) is 2.59. The Morgan fingerprint density at radius 2 is 2.00 bits per heavy atom. The molecule has 20 heavy (non-hydrogen) atoms. The molecule has 4 nitrogen and oxygen atoms in total. The molecule has 0 saturated heterocycles. The summed E-state index contributed by atoms with van der Waals surface area (Å²) in [6, 6.07) is 12.7. The number of benzene rings is 2. The molecule has 0 unspecified atom stereocenters. The number of para-hydroxylation sites is 1. The van der Waals surface area contributed by atoms with Crippen LogP contribution in [0, 0.1) is 5.82 Å². The molecule has 0 aliphatic heterocycles. The van der Waals surface area contributed by atoms with E-state index < -0.39 is 11.7 Å². The van der Waals surface area contributed by atoms with Crippen LogP contribution in [0.5, 0.6) is 5.75 Å². The second-order valence-electron chi connectivity index (χ2n) is 4.13. The summed E-state index contributed by atoms with van der Waals surface area (Å²) in [4.78, 5) is 11.7. The largest absolute Gasteiger partial charge is 0.481 e. The molecule has 0 saturated carbocycles. The smallest absolute Gasteiger partial charge is 0.262 e. The van der Waals surface area contributed by atoms with E-state index >= 15 is 0 Å². The number of hydrogen-bond donors (Lipinski definition) is 2. The van der Waals surface area contributed by atoms with E-state index in [2.05, 4.69) is 5.32 Å². The third kappa shape index (κ3) is 3.80. The highest BCUT2D eigenvalue weighted by Gasteiger charge is 2.06. The van der Waals surface area contributed by atoms with Gasteiger partial charge in [0.25, 0.3) is 5.91 Å². The number of carbonyl (C=O) groups is 1. The molecule has 0 aromatic heterocycles. The van der Waals surface area contributed by atoms with Gasteiger partial charge in [-0.05, 0) is 29.8 Å². The number of nitrogens with one attached hydrogen (secondary N) is 1. The quantitative estimate of drug-likeness (QED) is 0.880. The molecule has 0 bridgehead atoms. The van der Waals surface area contributed by atoms with Crippen molar-refractivity contribution in [3.63, 3.8) is 0 Å². The van der Waals surface area contributed by atoms with Crippen LogP contribution in [-0.2, 0) is 11.4 Å². The molecule has 0 fully saturated rings. The number of aliphatic hydroxyl groups excluding tert-OH is 1. The van der Waals surface area contributed by atoms with E-state index in [1.54, 1.807) is 36.4 Å². The number of rotatable bonds is 5. The Kier molecular flexibility index (Phi) is 4.68. The molecule has 0 spiro atoms. The van der Waals surface area contributed by atoms with Gasteiger partial charge in [0.1, 0.15) is 0 Å². The lowest BCUT2D eigenvalue weighted by Crippen LogP contribution is -2.20. The maximum Gasteiger partial charge on any atom is 0.262 e. The summed E-state index contributed by atoms with van der Waals surface area (Å²) in [5.74, 6) is -0.877. The van der Waals surface area contributed by atoms with Gasteiger partial charge in [0.05, 0.1) is 6.61 Å². The first-order chi connectivity index (χ1) is 9.69. The molecule has 0 heterocycles. The van der Waals surface area contributed by atoms with Crippen LogP contribution in [0.2, 0.25) is 0 Å². The summed E-state index contributed by atoms with van der Waals surface area (Å²) in [6.07, 6.45) is 0. The number of amides is 1. The van der Waals surface area contributed by atoms with Crippen molar-refractivity contribution in [3.05, 3.63) is 59.9 Å². The standard InChI is InChI=1S/C15H14FNO3/c16-13-6-1-2-7-14(13)20-10-15(19)17-12-5-3-4-11(8-12)9-18/h1-8,18H,9-10H2,(H,17,19). The number of hydrogen-bond acceptors (Lipinski definition) is 3. The Morgan fingerprint density at radius 1 is 1.20 bits per heavy atom. The van der Waals surface area contributed by atoms with Gasteiger partial charge >= 0.3 is 0 Å². The minimum Gasteiger partial charge on any atom is -0.481 e. The van der Waals surface area contributed by atoms with E-state index in [0.29, 0.717) is 11.3 Å². The van der Waals surface area contributed by atoms with Gasteiger partial charge in [-0.25, -0.2) is 4.39 Å². The van der Waals surface area contributed by atoms with Crippen LogP contribution in [0.25, 0.3) is 0 Å². The summed E-state index contributed by atoms with van der Waals surface area (Å²) in [5.41, 5.74) is 1.25. The van der Waals surface area contributed by atoms with Crippen molar-refractivity contribution >= 4 is 11.6 Å². The number of anilines is 1. The van der Waals surface area contributed by atoms with Gasteiger partial charge in [0.2, 0.25) is 0 Å².